The minimum atomic E-state index is -0.129. The molecule has 2 atom stereocenters. The molecule has 1 aromatic carbocycles. The molecule has 3 aromatic rings. The zero-order valence-electron chi connectivity index (χ0n) is 13.8. The zero-order valence-corrected chi connectivity index (χ0v) is 15.4. The Labute approximate surface area is 154 Å². The average Bonchev–Trinajstić information content (AvgIpc) is 3.27. The van der Waals surface area contributed by atoms with Crippen LogP contribution in [-0.2, 0) is 4.79 Å². The van der Waals surface area contributed by atoms with Crippen LogP contribution in [0.1, 0.15) is 18.9 Å². The molecule has 6 nitrogen and oxygen atoms in total. The van der Waals surface area contributed by atoms with Crippen LogP contribution in [0.5, 0.6) is 0 Å². The minimum Gasteiger partial charge on any atom is -0.414 e. The number of nitrogens with one attached hydrogen (secondary N) is 2. The second-order valence-corrected chi connectivity index (χ2v) is 7.05. The van der Waals surface area contributed by atoms with Gasteiger partial charge in [0.2, 0.25) is 0 Å². The summed E-state index contributed by atoms with van der Waals surface area (Å²) in [6.45, 7) is 2.20. The van der Waals surface area contributed by atoms with E-state index in [1.165, 1.54) is 0 Å². The lowest BCUT2D eigenvalue weighted by molar-refractivity contribution is -0.903. The van der Waals surface area contributed by atoms with E-state index >= 15 is 0 Å². The largest absolute Gasteiger partial charge is 0.414 e. The lowest BCUT2D eigenvalue weighted by atomic mass is 10.3. The van der Waals surface area contributed by atoms with E-state index in [-0.39, 0.29) is 18.5 Å². The van der Waals surface area contributed by atoms with Crippen LogP contribution in [-0.4, -0.2) is 29.7 Å². The van der Waals surface area contributed by atoms with E-state index in [9.17, 15) is 4.79 Å². The third-order valence-corrected chi connectivity index (χ3v) is 5.06. The fourth-order valence-corrected chi connectivity index (χ4v) is 3.11. The predicted octanol–water partition coefficient (Wildman–Crippen LogP) is 2.67. The van der Waals surface area contributed by atoms with Gasteiger partial charge in [0.1, 0.15) is 0 Å². The molecule has 0 fully saturated rings. The first-order chi connectivity index (χ1) is 12.0. The van der Waals surface area contributed by atoms with Gasteiger partial charge >= 0.3 is 0 Å². The molecule has 1 amide bonds. The number of hydrogen-bond acceptors (Lipinski definition) is 5. The number of carbonyl (C=O) groups is 1. The van der Waals surface area contributed by atoms with Crippen LogP contribution in [0, 0.1) is 0 Å². The van der Waals surface area contributed by atoms with Crippen molar-refractivity contribution in [1.82, 2.24) is 10.2 Å². The van der Waals surface area contributed by atoms with Crippen molar-refractivity contribution >= 4 is 34.5 Å². The van der Waals surface area contributed by atoms with E-state index in [4.69, 9.17) is 16.0 Å². The van der Waals surface area contributed by atoms with Gasteiger partial charge in [0.15, 0.2) is 12.6 Å². The van der Waals surface area contributed by atoms with Gasteiger partial charge < -0.3 is 14.6 Å². The highest BCUT2D eigenvalue weighted by molar-refractivity contribution is 7.13. The van der Waals surface area contributed by atoms with Crippen molar-refractivity contribution in [2.45, 2.75) is 13.0 Å². The topological polar surface area (TPSA) is 72.5 Å². The van der Waals surface area contributed by atoms with Gasteiger partial charge in [-0.1, -0.05) is 29.8 Å². The highest BCUT2D eigenvalue weighted by Gasteiger charge is 2.24. The van der Waals surface area contributed by atoms with Crippen LogP contribution < -0.4 is 10.2 Å². The summed E-state index contributed by atoms with van der Waals surface area (Å²) in [5, 5.41) is 13.5. The normalized spacial score (nSPS) is 13.4. The molecule has 2 heterocycles. The molecular formula is C17H18ClN4O2S+. The van der Waals surface area contributed by atoms with Gasteiger partial charge in [-0.3, -0.25) is 4.79 Å². The number of amides is 1. The summed E-state index contributed by atoms with van der Waals surface area (Å²) in [5.74, 6) is 0.882. The van der Waals surface area contributed by atoms with E-state index in [1.54, 1.807) is 23.5 Å². The van der Waals surface area contributed by atoms with Crippen LogP contribution in [0.15, 0.2) is 46.2 Å². The van der Waals surface area contributed by atoms with Gasteiger partial charge in [-0.2, -0.15) is 0 Å². The molecule has 0 saturated carbocycles. The van der Waals surface area contributed by atoms with Gasteiger partial charge in [0, 0.05) is 0 Å². The average molecular weight is 378 g/mol. The van der Waals surface area contributed by atoms with Gasteiger partial charge in [-0.25, -0.2) is 0 Å². The molecule has 1 unspecified atom stereocenters. The SMILES string of the molecule is C[C@H](c1nnc(-c2cccs2)o1)[NH+](C)CC(=O)Nc1ccccc1Cl. The van der Waals surface area contributed by atoms with Crippen LogP contribution >= 0.6 is 22.9 Å². The molecule has 0 aliphatic heterocycles. The maximum absolute atomic E-state index is 12.2. The molecule has 8 heteroatoms. The standard InChI is InChI=1S/C17H17ClN4O2S/c1-11(16-20-21-17(24-16)14-8-5-9-25-14)22(2)10-15(23)19-13-7-4-3-6-12(13)18/h3-9,11H,10H2,1-2H3,(H,19,23)/p+1/t11-/m1/s1. The molecule has 3 rings (SSSR count). The summed E-state index contributed by atoms with van der Waals surface area (Å²) >= 11 is 7.60. The number of anilines is 1. The summed E-state index contributed by atoms with van der Waals surface area (Å²) in [6.07, 6.45) is 0. The summed E-state index contributed by atoms with van der Waals surface area (Å²) in [6, 6.07) is 10.9. The summed E-state index contributed by atoms with van der Waals surface area (Å²) in [5.41, 5.74) is 0.604. The van der Waals surface area contributed by atoms with Crippen molar-refractivity contribution in [2.75, 3.05) is 18.9 Å². The third kappa shape index (κ3) is 4.25. The van der Waals surface area contributed by atoms with Crippen LogP contribution in [0.4, 0.5) is 5.69 Å². The number of thiophene rings is 1. The number of likely N-dealkylation sites (N-methyl/N-ethyl adjacent to an activating group) is 1. The number of hydrogen-bond donors (Lipinski definition) is 2. The fourth-order valence-electron chi connectivity index (χ4n) is 2.28. The van der Waals surface area contributed by atoms with Gasteiger partial charge in [0.05, 0.1) is 22.6 Å². The number of quaternary nitrogens is 1. The summed E-state index contributed by atoms with van der Waals surface area (Å²) in [7, 11) is 1.91. The van der Waals surface area contributed by atoms with Crippen molar-refractivity contribution in [1.29, 1.82) is 0 Å². The van der Waals surface area contributed by atoms with Crippen LogP contribution in [0.3, 0.4) is 0 Å². The van der Waals surface area contributed by atoms with Crippen molar-refractivity contribution in [3.05, 3.63) is 52.7 Å². The van der Waals surface area contributed by atoms with Crippen LogP contribution in [0.2, 0.25) is 5.02 Å². The Morgan fingerprint density at radius 1 is 1.32 bits per heavy atom. The molecular weight excluding hydrogens is 360 g/mol. The Hall–Kier alpha value is -2.22. The highest BCUT2D eigenvalue weighted by Crippen LogP contribution is 2.24. The lowest BCUT2D eigenvalue weighted by Gasteiger charge is -2.18. The number of aromatic nitrogens is 2. The van der Waals surface area contributed by atoms with Crippen LogP contribution in [0.25, 0.3) is 10.8 Å². The Bertz CT molecular complexity index is 850. The first kappa shape index (κ1) is 17.6. The van der Waals surface area contributed by atoms with E-state index in [2.05, 4.69) is 15.5 Å². The quantitative estimate of drug-likeness (QED) is 0.692. The number of benzene rings is 1. The number of rotatable bonds is 6. The molecule has 0 aliphatic rings. The number of para-hydroxylation sites is 1. The molecule has 0 bridgehead atoms. The second-order valence-electron chi connectivity index (χ2n) is 5.70. The molecule has 25 heavy (non-hydrogen) atoms. The van der Waals surface area contributed by atoms with Gasteiger partial charge in [-0.15, -0.1) is 21.5 Å². The number of carbonyl (C=O) groups excluding carboxylic acids is 1. The predicted molar refractivity (Wildman–Crippen MR) is 97.9 cm³/mol. The lowest BCUT2D eigenvalue weighted by Crippen LogP contribution is -3.10. The third-order valence-electron chi connectivity index (χ3n) is 3.87. The van der Waals surface area contributed by atoms with Crippen molar-refractivity contribution < 1.29 is 14.1 Å². The maximum Gasteiger partial charge on any atom is 0.279 e. The van der Waals surface area contributed by atoms with Crippen molar-refractivity contribution in [3.63, 3.8) is 0 Å². The molecule has 130 valence electrons. The monoisotopic (exact) mass is 377 g/mol. The molecule has 0 aliphatic carbocycles. The van der Waals surface area contributed by atoms with E-state index in [1.807, 2.05) is 43.6 Å². The molecule has 2 N–H and O–H groups in total. The summed E-state index contributed by atoms with van der Waals surface area (Å²) in [4.78, 5) is 14.1. The second kappa shape index (κ2) is 7.77. The maximum atomic E-state index is 12.2. The minimum absolute atomic E-state index is 0.113. The van der Waals surface area contributed by atoms with E-state index in [0.717, 1.165) is 9.78 Å². The smallest absolute Gasteiger partial charge is 0.279 e. The van der Waals surface area contributed by atoms with Crippen molar-refractivity contribution in [2.24, 2.45) is 0 Å². The molecule has 0 radical (unpaired) electrons. The summed E-state index contributed by atoms with van der Waals surface area (Å²) < 4.78 is 5.74. The molecule has 2 aromatic heterocycles. The number of halogens is 1. The first-order valence-corrected chi connectivity index (χ1v) is 9.04. The Kier molecular flexibility index (Phi) is 5.47. The highest BCUT2D eigenvalue weighted by atomic mass is 35.5. The fraction of sp³-hybridized carbons (Fsp3) is 0.235. The molecule has 0 saturated heterocycles. The Balaban J connectivity index is 1.61. The van der Waals surface area contributed by atoms with Gasteiger partial charge in [-0.05, 0) is 30.5 Å². The zero-order chi connectivity index (χ0) is 17.8. The first-order valence-electron chi connectivity index (χ1n) is 7.78. The van der Waals surface area contributed by atoms with Crippen molar-refractivity contribution in [3.8, 4) is 10.8 Å². The molecule has 0 spiro atoms. The number of nitrogens with zero attached hydrogens (tertiary/aromatic N) is 2. The Morgan fingerprint density at radius 3 is 2.84 bits per heavy atom. The van der Waals surface area contributed by atoms with E-state index in [0.29, 0.717) is 22.5 Å². The Morgan fingerprint density at radius 2 is 2.12 bits per heavy atom. The van der Waals surface area contributed by atoms with Gasteiger partial charge in [0.25, 0.3) is 17.7 Å². The van der Waals surface area contributed by atoms with E-state index < -0.39 is 0 Å².